The lowest BCUT2D eigenvalue weighted by molar-refractivity contribution is 0.458. The molecule has 142 valence electrons. The van der Waals surface area contributed by atoms with Crippen molar-refractivity contribution in [1.29, 1.82) is 0 Å². The predicted molar refractivity (Wildman–Crippen MR) is 116 cm³/mol. The Morgan fingerprint density at radius 3 is 2.92 bits per heavy atom. The first-order chi connectivity index (χ1) is 12.0. The van der Waals surface area contributed by atoms with E-state index in [4.69, 9.17) is 0 Å². The van der Waals surface area contributed by atoms with Gasteiger partial charge in [0.2, 0.25) is 0 Å². The summed E-state index contributed by atoms with van der Waals surface area (Å²) >= 11 is 3.28. The number of nitrogens with zero attached hydrogens (tertiary/aromatic N) is 4. The molecule has 0 saturated carbocycles. The molecule has 1 unspecified atom stereocenters. The van der Waals surface area contributed by atoms with Crippen LogP contribution < -0.4 is 5.32 Å². The highest BCUT2D eigenvalue weighted by atomic mass is 127. The van der Waals surface area contributed by atoms with Crippen molar-refractivity contribution in [2.75, 3.05) is 20.1 Å². The molecule has 5 nitrogen and oxygen atoms in total. The fraction of sp³-hybridized carbons (Fsp3) is 0.444. The Balaban J connectivity index is 0.00000243. The molecule has 2 heterocycles. The largest absolute Gasteiger partial charge is 0.352 e. The number of rotatable bonds is 4. The molecular weight excluding hydrogens is 512 g/mol. The number of halogens is 3. The van der Waals surface area contributed by atoms with E-state index in [0.717, 1.165) is 36.4 Å². The number of nitrogens with one attached hydrogen (secondary N) is 1. The molecule has 0 amide bonds. The molecule has 8 heteroatoms. The van der Waals surface area contributed by atoms with Gasteiger partial charge in [-0.15, -0.1) is 24.0 Å². The Kier molecular flexibility index (Phi) is 7.87. The molecule has 1 atom stereocenters. The minimum atomic E-state index is -0.215. The van der Waals surface area contributed by atoms with Crippen LogP contribution in [0.5, 0.6) is 0 Å². The Hall–Kier alpha value is -1.16. The first-order valence-corrected chi connectivity index (χ1v) is 9.21. The zero-order valence-corrected chi connectivity index (χ0v) is 18.9. The maximum atomic E-state index is 14.0. The van der Waals surface area contributed by atoms with Crippen molar-refractivity contribution >= 4 is 45.9 Å². The van der Waals surface area contributed by atoms with Crippen LogP contribution in [-0.2, 0) is 20.0 Å². The van der Waals surface area contributed by atoms with Crippen molar-refractivity contribution < 1.29 is 4.39 Å². The molecule has 26 heavy (non-hydrogen) atoms. The van der Waals surface area contributed by atoms with E-state index in [2.05, 4.69) is 42.4 Å². The fourth-order valence-electron chi connectivity index (χ4n) is 3.27. The van der Waals surface area contributed by atoms with Gasteiger partial charge in [-0.1, -0.05) is 22.0 Å². The lowest BCUT2D eigenvalue weighted by Gasteiger charge is -2.22. The van der Waals surface area contributed by atoms with Gasteiger partial charge in [0.05, 0.1) is 6.20 Å². The van der Waals surface area contributed by atoms with E-state index in [0.29, 0.717) is 18.0 Å². The zero-order valence-electron chi connectivity index (χ0n) is 15.0. The quantitative estimate of drug-likeness (QED) is 0.370. The minimum Gasteiger partial charge on any atom is -0.352 e. The van der Waals surface area contributed by atoms with Crippen LogP contribution in [0, 0.1) is 11.7 Å². The lowest BCUT2D eigenvalue weighted by Crippen LogP contribution is -2.39. The van der Waals surface area contributed by atoms with Gasteiger partial charge in [-0.25, -0.2) is 4.39 Å². The van der Waals surface area contributed by atoms with E-state index in [1.54, 1.807) is 13.1 Å². The number of aliphatic imine (C=N–C) groups is 1. The second kappa shape index (κ2) is 9.68. The van der Waals surface area contributed by atoms with Gasteiger partial charge in [-0.2, -0.15) is 5.10 Å². The van der Waals surface area contributed by atoms with Gasteiger partial charge in [-0.05, 0) is 36.5 Å². The van der Waals surface area contributed by atoms with Crippen molar-refractivity contribution in [3.63, 3.8) is 0 Å². The average Bonchev–Trinajstić information content (AvgIpc) is 3.19. The van der Waals surface area contributed by atoms with Gasteiger partial charge in [0.1, 0.15) is 5.82 Å². The molecule has 1 N–H and O–H groups in total. The summed E-state index contributed by atoms with van der Waals surface area (Å²) in [5, 5.41) is 7.52. The van der Waals surface area contributed by atoms with Crippen LogP contribution in [0.2, 0.25) is 0 Å². The highest BCUT2D eigenvalue weighted by Gasteiger charge is 2.25. The summed E-state index contributed by atoms with van der Waals surface area (Å²) in [7, 11) is 3.71. The first-order valence-electron chi connectivity index (χ1n) is 8.42. The third-order valence-electron chi connectivity index (χ3n) is 4.53. The average molecular weight is 536 g/mol. The van der Waals surface area contributed by atoms with Gasteiger partial charge >= 0.3 is 0 Å². The SMILES string of the molecule is CN=C(NCc1ccc(Br)cc1F)N1CCC(Cc2cnn(C)c2)C1.I. The summed E-state index contributed by atoms with van der Waals surface area (Å²) in [5.41, 5.74) is 1.91. The Morgan fingerprint density at radius 1 is 1.46 bits per heavy atom. The van der Waals surface area contributed by atoms with Crippen LogP contribution in [0.15, 0.2) is 40.1 Å². The van der Waals surface area contributed by atoms with Crippen LogP contribution >= 0.6 is 39.9 Å². The maximum Gasteiger partial charge on any atom is 0.193 e. The Labute approximate surface area is 179 Å². The van der Waals surface area contributed by atoms with Crippen LogP contribution in [0.3, 0.4) is 0 Å². The molecule has 0 spiro atoms. The first kappa shape index (κ1) is 21.1. The van der Waals surface area contributed by atoms with Crippen molar-refractivity contribution in [1.82, 2.24) is 20.0 Å². The molecule has 0 bridgehead atoms. The zero-order chi connectivity index (χ0) is 17.8. The summed E-state index contributed by atoms with van der Waals surface area (Å²) in [6, 6.07) is 5.12. The lowest BCUT2D eigenvalue weighted by atomic mass is 10.0. The van der Waals surface area contributed by atoms with Gasteiger partial charge in [-0.3, -0.25) is 9.67 Å². The number of benzene rings is 1. The topological polar surface area (TPSA) is 45.5 Å². The molecule has 0 radical (unpaired) electrons. The second-order valence-corrected chi connectivity index (χ2v) is 7.38. The second-order valence-electron chi connectivity index (χ2n) is 6.46. The third-order valence-corrected chi connectivity index (χ3v) is 5.03. The van der Waals surface area contributed by atoms with Gasteiger partial charge in [0.15, 0.2) is 5.96 Å². The number of aromatic nitrogens is 2. The molecule has 1 aromatic heterocycles. The van der Waals surface area contributed by atoms with E-state index in [1.807, 2.05) is 24.0 Å². The van der Waals surface area contributed by atoms with Crippen LogP contribution in [0.25, 0.3) is 0 Å². The van der Waals surface area contributed by atoms with Crippen LogP contribution in [-0.4, -0.2) is 40.8 Å². The number of hydrogen-bond acceptors (Lipinski definition) is 2. The summed E-state index contributed by atoms with van der Waals surface area (Å²) in [6.07, 6.45) is 6.17. The molecule has 1 fully saturated rings. The highest BCUT2D eigenvalue weighted by molar-refractivity contribution is 14.0. The van der Waals surface area contributed by atoms with Crippen LogP contribution in [0.4, 0.5) is 4.39 Å². The van der Waals surface area contributed by atoms with Crippen molar-refractivity contribution in [2.45, 2.75) is 19.4 Å². The Morgan fingerprint density at radius 2 is 2.27 bits per heavy atom. The van der Waals surface area contributed by atoms with E-state index >= 15 is 0 Å². The molecule has 0 aliphatic carbocycles. The van der Waals surface area contributed by atoms with Gasteiger partial charge in [0.25, 0.3) is 0 Å². The molecule has 3 rings (SSSR count). The molecule has 1 aliphatic rings. The standard InChI is InChI=1S/C18H23BrFN5.HI/c1-21-18(22-10-15-3-4-16(19)8-17(15)20)25-6-5-13(12-25)7-14-9-23-24(2)11-14;/h3-4,8-9,11,13H,5-7,10,12H2,1-2H3,(H,21,22);1H. The number of likely N-dealkylation sites (tertiary alicyclic amines) is 1. The van der Waals surface area contributed by atoms with E-state index in [-0.39, 0.29) is 29.8 Å². The van der Waals surface area contributed by atoms with Crippen molar-refractivity contribution in [3.05, 3.63) is 52.0 Å². The summed E-state index contributed by atoms with van der Waals surface area (Å²) in [5.74, 6) is 1.20. The van der Waals surface area contributed by atoms with Crippen molar-refractivity contribution in [2.24, 2.45) is 18.0 Å². The smallest absolute Gasteiger partial charge is 0.193 e. The summed E-state index contributed by atoms with van der Waals surface area (Å²) in [6.45, 7) is 2.35. The Bertz CT molecular complexity index is 764. The van der Waals surface area contributed by atoms with Crippen LogP contribution in [0.1, 0.15) is 17.5 Å². The minimum absolute atomic E-state index is 0. The molecular formula is C18H24BrFIN5. The molecule has 1 aliphatic heterocycles. The van der Waals surface area contributed by atoms with Gasteiger partial charge < -0.3 is 10.2 Å². The molecule has 1 aromatic carbocycles. The van der Waals surface area contributed by atoms with E-state index in [9.17, 15) is 4.39 Å². The number of aryl methyl sites for hydroxylation is 1. The third kappa shape index (κ3) is 5.42. The van der Waals surface area contributed by atoms with E-state index in [1.165, 1.54) is 11.6 Å². The van der Waals surface area contributed by atoms with Crippen molar-refractivity contribution in [3.8, 4) is 0 Å². The maximum absolute atomic E-state index is 14.0. The normalized spacial score (nSPS) is 17.3. The number of guanidine groups is 1. The van der Waals surface area contributed by atoms with E-state index < -0.39 is 0 Å². The summed E-state index contributed by atoms with van der Waals surface area (Å²) in [4.78, 5) is 6.61. The molecule has 1 saturated heterocycles. The highest BCUT2D eigenvalue weighted by Crippen LogP contribution is 2.21. The molecule has 2 aromatic rings. The fourth-order valence-corrected chi connectivity index (χ4v) is 3.61. The van der Waals surface area contributed by atoms with Gasteiger partial charge in [0, 0.05) is 50.0 Å². The monoisotopic (exact) mass is 535 g/mol. The summed E-state index contributed by atoms with van der Waals surface area (Å²) < 4.78 is 16.5. The predicted octanol–water partition coefficient (Wildman–Crippen LogP) is 3.58. The number of hydrogen-bond donors (Lipinski definition) is 1.